The SMILES string of the molecule is Cc1ccc(C#N)cc1N1C(=O)NC(=O)C2(CCC2)C1=O. The molecule has 1 spiro atoms. The minimum absolute atomic E-state index is 0.357. The molecule has 6 heteroatoms. The van der Waals surface area contributed by atoms with Gasteiger partial charge in [0, 0.05) is 0 Å². The minimum atomic E-state index is -1.11. The van der Waals surface area contributed by atoms with E-state index < -0.39 is 23.3 Å². The minimum Gasteiger partial charge on any atom is -0.276 e. The van der Waals surface area contributed by atoms with Crippen molar-refractivity contribution in [3.05, 3.63) is 29.3 Å². The van der Waals surface area contributed by atoms with Crippen molar-refractivity contribution in [1.29, 1.82) is 5.26 Å². The summed E-state index contributed by atoms with van der Waals surface area (Å²) in [6.07, 6.45) is 1.70. The number of rotatable bonds is 1. The quantitative estimate of drug-likeness (QED) is 0.793. The molecule has 0 bridgehead atoms. The van der Waals surface area contributed by atoms with E-state index in [9.17, 15) is 14.4 Å². The van der Waals surface area contributed by atoms with Crippen LogP contribution in [0.15, 0.2) is 18.2 Å². The number of nitriles is 1. The van der Waals surface area contributed by atoms with Crippen LogP contribution in [0.4, 0.5) is 10.5 Å². The summed E-state index contributed by atoms with van der Waals surface area (Å²) in [7, 11) is 0. The zero-order valence-corrected chi connectivity index (χ0v) is 11.5. The maximum Gasteiger partial charge on any atom is 0.335 e. The summed E-state index contributed by atoms with van der Waals surface area (Å²) in [5, 5.41) is 11.2. The van der Waals surface area contributed by atoms with E-state index in [-0.39, 0.29) is 0 Å². The van der Waals surface area contributed by atoms with Crippen LogP contribution in [0, 0.1) is 23.7 Å². The van der Waals surface area contributed by atoms with E-state index in [1.54, 1.807) is 19.1 Å². The average Bonchev–Trinajstić information content (AvgIpc) is 2.38. The Morgan fingerprint density at radius 1 is 1.29 bits per heavy atom. The number of hydrogen-bond donors (Lipinski definition) is 1. The van der Waals surface area contributed by atoms with Gasteiger partial charge in [-0.3, -0.25) is 14.9 Å². The zero-order valence-electron chi connectivity index (χ0n) is 11.5. The Morgan fingerprint density at radius 3 is 2.57 bits per heavy atom. The topological polar surface area (TPSA) is 90.3 Å². The Labute approximate surface area is 121 Å². The third-order valence-corrected chi connectivity index (χ3v) is 4.26. The molecule has 0 radical (unpaired) electrons. The number of carbonyl (C=O) groups excluding carboxylic acids is 3. The van der Waals surface area contributed by atoms with Crippen LogP contribution < -0.4 is 10.2 Å². The number of imide groups is 2. The molecule has 1 aliphatic heterocycles. The number of nitrogens with one attached hydrogen (secondary N) is 1. The predicted molar refractivity (Wildman–Crippen MR) is 73.2 cm³/mol. The van der Waals surface area contributed by atoms with Crippen molar-refractivity contribution in [3.8, 4) is 6.07 Å². The molecule has 1 saturated carbocycles. The normalized spacial score (nSPS) is 20.0. The van der Waals surface area contributed by atoms with Gasteiger partial charge in [-0.05, 0) is 37.5 Å². The lowest BCUT2D eigenvalue weighted by molar-refractivity contribution is -0.148. The molecule has 3 rings (SSSR count). The molecule has 1 aromatic carbocycles. The molecule has 106 valence electrons. The molecule has 1 aromatic rings. The van der Waals surface area contributed by atoms with Gasteiger partial charge >= 0.3 is 6.03 Å². The van der Waals surface area contributed by atoms with E-state index in [1.165, 1.54) is 6.07 Å². The van der Waals surface area contributed by atoms with Gasteiger partial charge < -0.3 is 0 Å². The number of hydrogen-bond acceptors (Lipinski definition) is 4. The monoisotopic (exact) mass is 283 g/mol. The Morgan fingerprint density at radius 2 is 2.00 bits per heavy atom. The second-order valence-corrected chi connectivity index (χ2v) is 5.45. The van der Waals surface area contributed by atoms with Gasteiger partial charge in [0.25, 0.3) is 5.91 Å². The molecule has 0 atom stereocenters. The van der Waals surface area contributed by atoms with Gasteiger partial charge in [0.2, 0.25) is 5.91 Å². The highest BCUT2D eigenvalue weighted by Gasteiger charge is 2.57. The standard InChI is InChI=1S/C15H13N3O3/c1-9-3-4-10(8-16)7-11(9)18-13(20)15(5-2-6-15)12(19)17-14(18)21/h3-4,7H,2,5-6H2,1H3,(H,17,19,21). The van der Waals surface area contributed by atoms with E-state index in [2.05, 4.69) is 5.32 Å². The molecule has 4 amide bonds. The summed E-state index contributed by atoms with van der Waals surface area (Å²) in [5.41, 5.74) is 0.301. The molecule has 1 saturated heterocycles. The first-order valence-electron chi connectivity index (χ1n) is 6.70. The van der Waals surface area contributed by atoms with Crippen molar-refractivity contribution in [2.45, 2.75) is 26.2 Å². The molecule has 1 aliphatic carbocycles. The molecule has 6 nitrogen and oxygen atoms in total. The first-order chi connectivity index (χ1) is 9.99. The number of aryl methyl sites for hydroxylation is 1. The number of barbiturate groups is 1. The summed E-state index contributed by atoms with van der Waals surface area (Å²) < 4.78 is 0. The van der Waals surface area contributed by atoms with E-state index in [0.29, 0.717) is 29.7 Å². The zero-order chi connectivity index (χ0) is 15.2. The highest BCUT2D eigenvalue weighted by Crippen LogP contribution is 2.45. The van der Waals surface area contributed by atoms with Gasteiger partial charge in [0.15, 0.2) is 0 Å². The number of benzene rings is 1. The summed E-state index contributed by atoms with van der Waals surface area (Å²) in [6, 6.07) is 6.03. The number of urea groups is 1. The second kappa shape index (κ2) is 4.42. The Balaban J connectivity index is 2.09. The van der Waals surface area contributed by atoms with Gasteiger partial charge in [-0.1, -0.05) is 12.5 Å². The van der Waals surface area contributed by atoms with Gasteiger partial charge in [0.1, 0.15) is 5.41 Å². The Bertz CT molecular complexity index is 713. The van der Waals surface area contributed by atoms with Crippen molar-refractivity contribution in [2.24, 2.45) is 5.41 Å². The van der Waals surface area contributed by atoms with Crippen molar-refractivity contribution >= 4 is 23.5 Å². The first kappa shape index (κ1) is 13.3. The predicted octanol–water partition coefficient (Wildman–Crippen LogP) is 1.62. The highest BCUT2D eigenvalue weighted by molar-refractivity contribution is 6.30. The molecule has 0 unspecified atom stereocenters. The number of nitrogens with zero attached hydrogens (tertiary/aromatic N) is 2. The van der Waals surface area contributed by atoms with Crippen LogP contribution in [0.1, 0.15) is 30.4 Å². The van der Waals surface area contributed by atoms with Crippen LogP contribution in [0.5, 0.6) is 0 Å². The maximum absolute atomic E-state index is 12.7. The lowest BCUT2D eigenvalue weighted by Gasteiger charge is -2.44. The van der Waals surface area contributed by atoms with Crippen LogP contribution in [0.3, 0.4) is 0 Å². The molecule has 1 N–H and O–H groups in total. The molecule has 2 aliphatic rings. The third kappa shape index (κ3) is 1.74. The lowest BCUT2D eigenvalue weighted by atomic mass is 9.66. The van der Waals surface area contributed by atoms with Crippen LogP contribution in [-0.2, 0) is 9.59 Å². The highest BCUT2D eigenvalue weighted by atomic mass is 16.2. The van der Waals surface area contributed by atoms with Crippen LogP contribution in [0.2, 0.25) is 0 Å². The Hall–Kier alpha value is -2.68. The molecule has 1 heterocycles. The largest absolute Gasteiger partial charge is 0.335 e. The second-order valence-electron chi connectivity index (χ2n) is 5.45. The van der Waals surface area contributed by atoms with Gasteiger partial charge in [-0.2, -0.15) is 5.26 Å². The van der Waals surface area contributed by atoms with E-state index in [1.807, 2.05) is 6.07 Å². The fraction of sp³-hybridized carbons (Fsp3) is 0.333. The fourth-order valence-corrected chi connectivity index (χ4v) is 2.79. The van der Waals surface area contributed by atoms with Crippen LogP contribution >= 0.6 is 0 Å². The maximum atomic E-state index is 12.7. The first-order valence-corrected chi connectivity index (χ1v) is 6.70. The summed E-state index contributed by atoms with van der Waals surface area (Å²) in [5.74, 6) is -0.991. The van der Waals surface area contributed by atoms with Gasteiger partial charge in [-0.25, -0.2) is 9.69 Å². The molecular formula is C15H13N3O3. The summed E-state index contributed by atoms with van der Waals surface area (Å²) in [6.45, 7) is 1.75. The molecule has 21 heavy (non-hydrogen) atoms. The van der Waals surface area contributed by atoms with E-state index in [0.717, 1.165) is 11.3 Å². The number of carbonyl (C=O) groups is 3. The van der Waals surface area contributed by atoms with Crippen molar-refractivity contribution in [1.82, 2.24) is 5.32 Å². The van der Waals surface area contributed by atoms with Gasteiger partial charge in [-0.15, -0.1) is 0 Å². The van der Waals surface area contributed by atoms with Crippen molar-refractivity contribution in [3.63, 3.8) is 0 Å². The average molecular weight is 283 g/mol. The third-order valence-electron chi connectivity index (χ3n) is 4.26. The fourth-order valence-electron chi connectivity index (χ4n) is 2.79. The van der Waals surface area contributed by atoms with Crippen molar-refractivity contribution in [2.75, 3.05) is 4.90 Å². The number of anilines is 1. The lowest BCUT2D eigenvalue weighted by Crippen LogP contribution is -2.66. The Kier molecular flexibility index (Phi) is 2.80. The van der Waals surface area contributed by atoms with Gasteiger partial charge in [0.05, 0.1) is 17.3 Å². The molecular weight excluding hydrogens is 270 g/mol. The summed E-state index contributed by atoms with van der Waals surface area (Å²) in [4.78, 5) is 37.7. The molecule has 2 fully saturated rings. The van der Waals surface area contributed by atoms with Crippen molar-refractivity contribution < 1.29 is 14.4 Å². The van der Waals surface area contributed by atoms with Crippen LogP contribution in [-0.4, -0.2) is 17.8 Å². The van der Waals surface area contributed by atoms with E-state index in [4.69, 9.17) is 5.26 Å². The van der Waals surface area contributed by atoms with E-state index >= 15 is 0 Å². The summed E-state index contributed by atoms with van der Waals surface area (Å²) >= 11 is 0. The smallest absolute Gasteiger partial charge is 0.276 e. The molecule has 0 aromatic heterocycles. The number of amides is 4. The van der Waals surface area contributed by atoms with Crippen LogP contribution in [0.25, 0.3) is 0 Å².